The number of carbonyl (C=O) groups is 4. The second-order valence-electron chi connectivity index (χ2n) is 11.2. The van der Waals surface area contributed by atoms with Gasteiger partial charge < -0.3 is 9.64 Å². The second-order valence-corrected chi connectivity index (χ2v) is 11.2. The van der Waals surface area contributed by atoms with Gasteiger partial charge in [-0.15, -0.1) is 0 Å². The van der Waals surface area contributed by atoms with E-state index in [1.807, 2.05) is 72.8 Å². The van der Waals surface area contributed by atoms with Gasteiger partial charge in [-0.3, -0.25) is 29.7 Å². The molecule has 3 aromatic carbocycles. The second kappa shape index (κ2) is 13.3. The topological polar surface area (TPSA) is 99.3 Å². The molecule has 0 bridgehead atoms. The number of fused-ring (bicyclic) bond motifs is 1. The smallest absolute Gasteiger partial charge is 0.410 e. The predicted octanol–water partition coefficient (Wildman–Crippen LogP) is 4.20. The van der Waals surface area contributed by atoms with Crippen molar-refractivity contribution in [3.63, 3.8) is 0 Å². The van der Waals surface area contributed by atoms with Crippen molar-refractivity contribution in [1.82, 2.24) is 20.2 Å². The SMILES string of the molecule is CC(=O)N(C)NC(=O)[C@@H](Cc1ccccc1)N(C)C(=O)[C@@H](Cc1ccc2ccccc2c1)N(C)C(=O)OC(C)(C)C. The average Bonchev–Trinajstić information content (AvgIpc) is 2.92. The van der Waals surface area contributed by atoms with Crippen LogP contribution in [0.3, 0.4) is 0 Å². The number of nitrogens with one attached hydrogen (secondary N) is 1. The van der Waals surface area contributed by atoms with Gasteiger partial charge in [0.15, 0.2) is 0 Å². The molecule has 0 saturated carbocycles. The van der Waals surface area contributed by atoms with Crippen molar-refractivity contribution in [2.45, 2.75) is 58.2 Å². The van der Waals surface area contributed by atoms with E-state index in [1.165, 1.54) is 30.8 Å². The fraction of sp³-hybridized carbons (Fsp3) is 0.375. The summed E-state index contributed by atoms with van der Waals surface area (Å²) in [5, 5.41) is 3.15. The van der Waals surface area contributed by atoms with Gasteiger partial charge in [0.2, 0.25) is 11.8 Å². The number of hydrogen-bond donors (Lipinski definition) is 1. The molecule has 0 spiro atoms. The van der Waals surface area contributed by atoms with Crippen LogP contribution < -0.4 is 5.43 Å². The Bertz CT molecular complexity index is 1390. The highest BCUT2D eigenvalue weighted by Crippen LogP contribution is 2.21. The Morgan fingerprint density at radius 3 is 1.95 bits per heavy atom. The number of hydrogen-bond acceptors (Lipinski definition) is 5. The van der Waals surface area contributed by atoms with Crippen LogP contribution in [0.25, 0.3) is 10.8 Å². The van der Waals surface area contributed by atoms with E-state index in [-0.39, 0.29) is 18.7 Å². The minimum Gasteiger partial charge on any atom is -0.444 e. The van der Waals surface area contributed by atoms with E-state index in [0.29, 0.717) is 0 Å². The fourth-order valence-electron chi connectivity index (χ4n) is 4.39. The van der Waals surface area contributed by atoms with Crippen molar-refractivity contribution in [2.24, 2.45) is 0 Å². The van der Waals surface area contributed by atoms with Crippen molar-refractivity contribution >= 4 is 34.6 Å². The highest BCUT2D eigenvalue weighted by atomic mass is 16.6. The molecule has 1 N–H and O–H groups in total. The number of hydrazine groups is 1. The Kier molecular flexibility index (Phi) is 10.1. The van der Waals surface area contributed by atoms with E-state index < -0.39 is 35.6 Å². The van der Waals surface area contributed by atoms with Crippen LogP contribution in [0.2, 0.25) is 0 Å². The minimum atomic E-state index is -0.965. The first-order valence-electron chi connectivity index (χ1n) is 13.6. The van der Waals surface area contributed by atoms with Crippen LogP contribution in [0.4, 0.5) is 4.79 Å². The number of nitrogens with zero attached hydrogens (tertiary/aromatic N) is 3. The molecule has 4 amide bonds. The Balaban J connectivity index is 1.98. The Morgan fingerprint density at radius 2 is 1.34 bits per heavy atom. The van der Waals surface area contributed by atoms with Crippen LogP contribution >= 0.6 is 0 Å². The van der Waals surface area contributed by atoms with Gasteiger partial charge >= 0.3 is 6.09 Å². The molecule has 0 unspecified atom stereocenters. The van der Waals surface area contributed by atoms with Gasteiger partial charge in [0.1, 0.15) is 17.7 Å². The minimum absolute atomic E-state index is 0.205. The van der Waals surface area contributed by atoms with E-state index >= 15 is 0 Å². The number of benzene rings is 3. The van der Waals surface area contributed by atoms with Crippen LogP contribution in [0.5, 0.6) is 0 Å². The summed E-state index contributed by atoms with van der Waals surface area (Å²) >= 11 is 0. The molecule has 2 atom stereocenters. The number of ether oxygens (including phenoxy) is 1. The molecule has 0 aromatic heterocycles. The quantitative estimate of drug-likeness (QED) is 0.417. The first-order valence-corrected chi connectivity index (χ1v) is 13.6. The molecular weight excluding hydrogens is 520 g/mol. The maximum atomic E-state index is 14.2. The van der Waals surface area contributed by atoms with Gasteiger partial charge in [0.05, 0.1) is 0 Å². The van der Waals surface area contributed by atoms with Gasteiger partial charge in [0, 0.05) is 40.9 Å². The molecule has 3 rings (SSSR count). The Hall–Kier alpha value is -4.40. The average molecular weight is 561 g/mol. The van der Waals surface area contributed by atoms with Crippen molar-refractivity contribution in [2.75, 3.05) is 21.1 Å². The van der Waals surface area contributed by atoms with Crippen molar-refractivity contribution in [1.29, 1.82) is 0 Å². The van der Waals surface area contributed by atoms with E-state index in [9.17, 15) is 19.2 Å². The number of likely N-dealkylation sites (N-methyl/N-ethyl adjacent to an activating group) is 2. The van der Waals surface area contributed by atoms with E-state index in [4.69, 9.17) is 4.74 Å². The van der Waals surface area contributed by atoms with Crippen LogP contribution in [0.1, 0.15) is 38.8 Å². The van der Waals surface area contributed by atoms with Gasteiger partial charge in [-0.1, -0.05) is 72.8 Å². The Morgan fingerprint density at radius 1 is 0.756 bits per heavy atom. The van der Waals surface area contributed by atoms with Gasteiger partial charge in [-0.05, 0) is 42.7 Å². The number of carbonyl (C=O) groups excluding carboxylic acids is 4. The highest BCUT2D eigenvalue weighted by Gasteiger charge is 2.37. The summed E-state index contributed by atoms with van der Waals surface area (Å²) in [7, 11) is 4.52. The van der Waals surface area contributed by atoms with Crippen LogP contribution in [-0.2, 0) is 32.0 Å². The lowest BCUT2D eigenvalue weighted by Gasteiger charge is -2.35. The molecule has 0 aliphatic carbocycles. The zero-order valence-electron chi connectivity index (χ0n) is 24.9. The summed E-state index contributed by atoms with van der Waals surface area (Å²) in [6.07, 6.45) is -0.235. The lowest BCUT2D eigenvalue weighted by Crippen LogP contribution is -2.58. The fourth-order valence-corrected chi connectivity index (χ4v) is 4.39. The van der Waals surface area contributed by atoms with Gasteiger partial charge in [-0.25, -0.2) is 4.79 Å². The summed E-state index contributed by atoms with van der Waals surface area (Å²) in [6, 6.07) is 21.2. The van der Waals surface area contributed by atoms with Crippen molar-refractivity contribution in [3.8, 4) is 0 Å². The molecule has 9 heteroatoms. The third-order valence-electron chi connectivity index (χ3n) is 6.82. The normalized spacial score (nSPS) is 12.7. The molecule has 41 heavy (non-hydrogen) atoms. The molecule has 3 aromatic rings. The van der Waals surface area contributed by atoms with E-state index in [1.54, 1.807) is 27.8 Å². The molecule has 0 aliphatic rings. The summed E-state index contributed by atoms with van der Waals surface area (Å²) in [4.78, 5) is 55.2. The maximum Gasteiger partial charge on any atom is 0.410 e. The summed E-state index contributed by atoms with van der Waals surface area (Å²) in [5.41, 5.74) is 3.50. The van der Waals surface area contributed by atoms with Crippen LogP contribution in [-0.4, -0.2) is 77.5 Å². The largest absolute Gasteiger partial charge is 0.444 e. The lowest BCUT2D eigenvalue weighted by molar-refractivity contribution is -0.146. The first-order chi connectivity index (χ1) is 19.3. The zero-order valence-corrected chi connectivity index (χ0v) is 24.9. The highest BCUT2D eigenvalue weighted by molar-refractivity contribution is 5.92. The van der Waals surface area contributed by atoms with E-state index in [0.717, 1.165) is 26.9 Å². The summed E-state index contributed by atoms with van der Waals surface area (Å²) < 4.78 is 5.59. The number of amides is 4. The molecular formula is C32H40N4O5. The first kappa shape index (κ1) is 31.1. The van der Waals surface area contributed by atoms with Crippen molar-refractivity contribution in [3.05, 3.63) is 83.9 Å². The Labute approximate surface area is 242 Å². The number of rotatable bonds is 8. The predicted molar refractivity (Wildman–Crippen MR) is 159 cm³/mol. The monoisotopic (exact) mass is 560 g/mol. The summed E-state index contributed by atoms with van der Waals surface area (Å²) in [6.45, 7) is 6.61. The van der Waals surface area contributed by atoms with Crippen molar-refractivity contribution < 1.29 is 23.9 Å². The molecule has 0 saturated heterocycles. The molecule has 218 valence electrons. The maximum absolute atomic E-state index is 14.2. The summed E-state index contributed by atoms with van der Waals surface area (Å²) in [5.74, 6) is -1.32. The lowest BCUT2D eigenvalue weighted by atomic mass is 9.98. The molecule has 0 aliphatic heterocycles. The third-order valence-corrected chi connectivity index (χ3v) is 6.82. The van der Waals surface area contributed by atoms with Crippen LogP contribution in [0.15, 0.2) is 72.8 Å². The van der Waals surface area contributed by atoms with Gasteiger partial charge in [-0.2, -0.15) is 0 Å². The third kappa shape index (κ3) is 8.54. The van der Waals surface area contributed by atoms with E-state index in [2.05, 4.69) is 5.43 Å². The standard InChI is InChI=1S/C32H40N4O5/c1-22(37)36(7)33-29(38)27(20-23-13-9-8-10-14-23)34(5)30(39)28(35(6)31(40)41-32(2,3)4)21-24-17-18-25-15-11-12-16-26(25)19-24/h8-19,27-28H,20-21H2,1-7H3,(H,33,38)/t27-,28-/m1/s1. The molecule has 0 heterocycles. The molecule has 0 fully saturated rings. The zero-order chi connectivity index (χ0) is 30.3. The molecule has 9 nitrogen and oxygen atoms in total. The molecule has 0 radical (unpaired) electrons. The van der Waals surface area contributed by atoms with Gasteiger partial charge in [0.25, 0.3) is 5.91 Å². The van der Waals surface area contributed by atoms with Crippen LogP contribution in [0, 0.1) is 0 Å².